The zero-order chi connectivity index (χ0) is 10.9. The van der Waals surface area contributed by atoms with E-state index in [4.69, 9.17) is 0 Å². The van der Waals surface area contributed by atoms with Crippen LogP contribution in [0.4, 0.5) is 0 Å². The minimum Gasteiger partial charge on any atom is -0.314 e. The van der Waals surface area contributed by atoms with E-state index in [1.165, 1.54) is 57.2 Å². The molecule has 1 rings (SSSR count). The third-order valence-electron chi connectivity index (χ3n) is 3.47. The van der Waals surface area contributed by atoms with Gasteiger partial charge in [0.05, 0.1) is 0 Å². The van der Waals surface area contributed by atoms with Gasteiger partial charge >= 0.3 is 0 Å². The Labute approximate surface area is 99.8 Å². The Bertz CT molecular complexity index is 149. The van der Waals surface area contributed by atoms with Crippen molar-refractivity contribution in [1.29, 1.82) is 0 Å². The molecule has 0 aliphatic heterocycles. The Balaban J connectivity index is 2.00. The van der Waals surface area contributed by atoms with Crippen molar-refractivity contribution < 1.29 is 0 Å². The van der Waals surface area contributed by atoms with E-state index in [0.717, 1.165) is 12.0 Å². The molecule has 1 N–H and O–H groups in total. The summed E-state index contributed by atoms with van der Waals surface area (Å²) in [4.78, 5) is 0. The largest absolute Gasteiger partial charge is 0.314 e. The first-order valence-corrected chi connectivity index (χ1v) is 7.94. The normalized spacial score (nSPS) is 27.6. The van der Waals surface area contributed by atoms with Crippen LogP contribution >= 0.6 is 11.8 Å². The molecule has 1 aliphatic rings. The molecule has 0 saturated heterocycles. The van der Waals surface area contributed by atoms with Gasteiger partial charge in [0.1, 0.15) is 0 Å². The maximum absolute atomic E-state index is 3.73. The summed E-state index contributed by atoms with van der Waals surface area (Å²) in [5, 5.41) is 3.73. The third-order valence-corrected chi connectivity index (χ3v) is 4.16. The van der Waals surface area contributed by atoms with E-state index in [-0.39, 0.29) is 0 Å². The molecule has 0 spiro atoms. The highest BCUT2D eigenvalue weighted by Crippen LogP contribution is 2.22. The van der Waals surface area contributed by atoms with Crippen molar-refractivity contribution in [1.82, 2.24) is 5.32 Å². The van der Waals surface area contributed by atoms with Crippen LogP contribution in [0.1, 0.15) is 51.9 Å². The van der Waals surface area contributed by atoms with Gasteiger partial charge in [-0.25, -0.2) is 0 Å². The lowest BCUT2D eigenvalue weighted by atomic mass is 10.0. The van der Waals surface area contributed by atoms with Gasteiger partial charge in [-0.3, -0.25) is 0 Å². The molecule has 1 aliphatic carbocycles. The third kappa shape index (κ3) is 6.47. The molecule has 0 aromatic rings. The summed E-state index contributed by atoms with van der Waals surface area (Å²) >= 11 is 1.96. The predicted molar refractivity (Wildman–Crippen MR) is 71.7 cm³/mol. The van der Waals surface area contributed by atoms with Crippen LogP contribution < -0.4 is 5.32 Å². The van der Waals surface area contributed by atoms with E-state index in [9.17, 15) is 0 Å². The van der Waals surface area contributed by atoms with Crippen LogP contribution in [-0.4, -0.2) is 24.6 Å². The van der Waals surface area contributed by atoms with Gasteiger partial charge in [-0.05, 0) is 56.6 Å². The Morgan fingerprint density at radius 1 is 1.13 bits per heavy atom. The Hall–Kier alpha value is 0.310. The van der Waals surface area contributed by atoms with E-state index >= 15 is 0 Å². The summed E-state index contributed by atoms with van der Waals surface area (Å²) in [6.07, 6.45) is 12.1. The summed E-state index contributed by atoms with van der Waals surface area (Å²) in [5.74, 6) is 2.29. The lowest BCUT2D eigenvalue weighted by Crippen LogP contribution is -2.29. The zero-order valence-corrected chi connectivity index (χ0v) is 11.2. The van der Waals surface area contributed by atoms with Gasteiger partial charge in [0.15, 0.2) is 0 Å². The molecule has 0 bridgehead atoms. The average molecular weight is 229 g/mol. The van der Waals surface area contributed by atoms with Crippen LogP contribution in [0.15, 0.2) is 0 Å². The Kier molecular flexibility index (Phi) is 7.54. The first kappa shape index (κ1) is 13.4. The molecule has 1 fully saturated rings. The minimum absolute atomic E-state index is 0.823. The number of hydrogen-bond donors (Lipinski definition) is 1. The smallest absolute Gasteiger partial charge is 0.00671 e. The molecule has 0 aromatic heterocycles. The molecule has 0 amide bonds. The minimum atomic E-state index is 0.823. The van der Waals surface area contributed by atoms with E-state index in [0.29, 0.717) is 0 Å². The number of hydrogen-bond acceptors (Lipinski definition) is 2. The molecule has 2 atom stereocenters. The number of unbranched alkanes of at least 4 members (excludes halogenated alkanes) is 1. The molecule has 15 heavy (non-hydrogen) atoms. The van der Waals surface area contributed by atoms with Crippen LogP contribution in [0.5, 0.6) is 0 Å². The average Bonchev–Trinajstić information content (AvgIpc) is 2.43. The van der Waals surface area contributed by atoms with E-state index in [1.807, 2.05) is 11.8 Å². The van der Waals surface area contributed by atoms with E-state index in [2.05, 4.69) is 18.5 Å². The highest BCUT2D eigenvalue weighted by atomic mass is 32.2. The Morgan fingerprint density at radius 3 is 2.80 bits per heavy atom. The fraction of sp³-hybridized carbons (Fsp3) is 1.00. The standard InChI is InChI=1S/C13H27NS/c1-12-6-5-7-13(9-8-12)14-10-3-4-11-15-2/h12-14H,3-11H2,1-2H3. The van der Waals surface area contributed by atoms with Gasteiger partial charge in [-0.2, -0.15) is 11.8 Å². The lowest BCUT2D eigenvalue weighted by molar-refractivity contribution is 0.444. The second kappa shape index (κ2) is 8.46. The van der Waals surface area contributed by atoms with Crippen LogP contribution in [0.25, 0.3) is 0 Å². The molecule has 0 aromatic carbocycles. The highest BCUT2D eigenvalue weighted by Gasteiger charge is 2.14. The van der Waals surface area contributed by atoms with E-state index in [1.54, 1.807) is 0 Å². The second-order valence-electron chi connectivity index (χ2n) is 4.96. The second-order valence-corrected chi connectivity index (χ2v) is 5.95. The maximum atomic E-state index is 3.73. The van der Waals surface area contributed by atoms with Gasteiger partial charge < -0.3 is 5.32 Å². The van der Waals surface area contributed by atoms with Crippen LogP contribution in [0.2, 0.25) is 0 Å². The zero-order valence-electron chi connectivity index (χ0n) is 10.4. The first-order valence-electron chi connectivity index (χ1n) is 6.55. The van der Waals surface area contributed by atoms with Crippen molar-refractivity contribution in [2.75, 3.05) is 18.6 Å². The van der Waals surface area contributed by atoms with Crippen molar-refractivity contribution in [3.63, 3.8) is 0 Å². The summed E-state index contributed by atoms with van der Waals surface area (Å²) in [7, 11) is 0. The summed E-state index contributed by atoms with van der Waals surface area (Å²) in [6.45, 7) is 3.64. The predicted octanol–water partition coefficient (Wildman–Crippen LogP) is 3.69. The molecule has 1 nitrogen and oxygen atoms in total. The molecule has 1 saturated carbocycles. The monoisotopic (exact) mass is 229 g/mol. The summed E-state index contributed by atoms with van der Waals surface area (Å²) in [6, 6.07) is 0.823. The quantitative estimate of drug-likeness (QED) is 0.551. The molecule has 90 valence electrons. The van der Waals surface area contributed by atoms with Crippen molar-refractivity contribution in [2.45, 2.75) is 57.9 Å². The molecular weight excluding hydrogens is 202 g/mol. The summed E-state index contributed by atoms with van der Waals surface area (Å²) in [5.41, 5.74) is 0. The van der Waals surface area contributed by atoms with Gasteiger partial charge in [0, 0.05) is 6.04 Å². The van der Waals surface area contributed by atoms with Crippen LogP contribution in [-0.2, 0) is 0 Å². The lowest BCUT2D eigenvalue weighted by Gasteiger charge is -2.16. The van der Waals surface area contributed by atoms with Gasteiger partial charge in [-0.1, -0.05) is 19.8 Å². The molecule has 2 unspecified atom stereocenters. The molecule has 0 radical (unpaired) electrons. The van der Waals surface area contributed by atoms with Crippen molar-refractivity contribution in [2.24, 2.45) is 5.92 Å². The topological polar surface area (TPSA) is 12.0 Å². The first-order chi connectivity index (χ1) is 7.33. The molecular formula is C13H27NS. The van der Waals surface area contributed by atoms with Crippen molar-refractivity contribution >= 4 is 11.8 Å². The number of thioether (sulfide) groups is 1. The molecule has 2 heteroatoms. The van der Waals surface area contributed by atoms with Crippen molar-refractivity contribution in [3.8, 4) is 0 Å². The van der Waals surface area contributed by atoms with Gasteiger partial charge in [0.25, 0.3) is 0 Å². The highest BCUT2D eigenvalue weighted by molar-refractivity contribution is 7.98. The fourth-order valence-electron chi connectivity index (χ4n) is 2.37. The van der Waals surface area contributed by atoms with Crippen LogP contribution in [0, 0.1) is 5.92 Å². The number of nitrogens with one attached hydrogen (secondary N) is 1. The molecule has 0 heterocycles. The van der Waals surface area contributed by atoms with Crippen molar-refractivity contribution in [3.05, 3.63) is 0 Å². The summed E-state index contributed by atoms with van der Waals surface area (Å²) < 4.78 is 0. The Morgan fingerprint density at radius 2 is 2.00 bits per heavy atom. The van der Waals surface area contributed by atoms with E-state index < -0.39 is 0 Å². The fourth-order valence-corrected chi connectivity index (χ4v) is 2.86. The van der Waals surface area contributed by atoms with Gasteiger partial charge in [0.2, 0.25) is 0 Å². The SMILES string of the molecule is CSCCCCNC1CCCC(C)CC1. The van der Waals surface area contributed by atoms with Gasteiger partial charge in [-0.15, -0.1) is 0 Å². The number of rotatable bonds is 6. The van der Waals surface area contributed by atoms with Crippen LogP contribution in [0.3, 0.4) is 0 Å². The maximum Gasteiger partial charge on any atom is 0.00671 e.